The average Bonchev–Trinajstić information content (AvgIpc) is 3.38. The molecule has 1 saturated heterocycles. The van der Waals surface area contributed by atoms with Crippen molar-refractivity contribution in [2.45, 2.75) is 90.0 Å². The molecule has 3 rings (SSSR count). The minimum absolute atomic E-state index is 0.000865. The van der Waals surface area contributed by atoms with Crippen molar-refractivity contribution < 1.29 is 33.9 Å². The van der Waals surface area contributed by atoms with Crippen LogP contribution in [0.4, 0.5) is 0 Å². The molecule has 0 unspecified atom stereocenters. The van der Waals surface area contributed by atoms with Gasteiger partial charge in [-0.15, -0.1) is 0 Å². The summed E-state index contributed by atoms with van der Waals surface area (Å²) in [7, 11) is 0. The lowest BCUT2D eigenvalue weighted by Crippen LogP contribution is -2.59. The van der Waals surface area contributed by atoms with Gasteiger partial charge in [0.05, 0.1) is 6.42 Å². The normalized spacial score (nSPS) is 23.9. The highest BCUT2D eigenvalue weighted by Gasteiger charge is 2.36. The summed E-state index contributed by atoms with van der Waals surface area (Å²) in [6.45, 7) is 7.42. The van der Waals surface area contributed by atoms with Gasteiger partial charge in [-0.05, 0) is 49.3 Å². The van der Waals surface area contributed by atoms with Gasteiger partial charge >= 0.3 is 5.97 Å². The molecule has 0 saturated carbocycles. The largest absolute Gasteiger partial charge is 0.481 e. The Morgan fingerprint density at radius 3 is 2.02 bits per heavy atom. The fourth-order valence-electron chi connectivity index (χ4n) is 5.27. The second kappa shape index (κ2) is 16.0. The van der Waals surface area contributed by atoms with Crippen molar-refractivity contribution in [2.75, 3.05) is 6.54 Å². The van der Waals surface area contributed by atoms with Crippen LogP contribution < -0.4 is 32.3 Å². The number of aromatic nitrogens is 1. The van der Waals surface area contributed by atoms with Crippen molar-refractivity contribution in [3.8, 4) is 0 Å². The molecule has 1 aliphatic heterocycles. The molecular weight excluding hydrogens is 582 g/mol. The van der Waals surface area contributed by atoms with Crippen LogP contribution in [-0.2, 0) is 35.2 Å². The summed E-state index contributed by atoms with van der Waals surface area (Å²) >= 11 is 0. The Hall–Kier alpha value is -4.46. The van der Waals surface area contributed by atoms with Crippen LogP contribution >= 0.6 is 0 Å². The fraction of sp³-hybridized carbons (Fsp3) is 0.548. The first kappa shape index (κ1) is 35.0. The maximum atomic E-state index is 13.8. The maximum absolute atomic E-state index is 13.8. The van der Waals surface area contributed by atoms with Crippen LogP contribution in [0.5, 0.6) is 0 Å². The number of carbonyl (C=O) groups excluding carboxylic acids is 5. The van der Waals surface area contributed by atoms with Crippen molar-refractivity contribution in [2.24, 2.45) is 17.6 Å². The Labute approximate surface area is 262 Å². The van der Waals surface area contributed by atoms with Crippen molar-refractivity contribution >= 4 is 46.4 Å². The van der Waals surface area contributed by atoms with Gasteiger partial charge in [-0.3, -0.25) is 28.8 Å². The van der Waals surface area contributed by atoms with Crippen molar-refractivity contribution in [3.05, 3.63) is 36.0 Å². The summed E-state index contributed by atoms with van der Waals surface area (Å²) in [6, 6.07) is 1.30. The van der Waals surface area contributed by atoms with Crippen molar-refractivity contribution in [3.63, 3.8) is 0 Å². The molecule has 1 aromatic heterocycles. The summed E-state index contributed by atoms with van der Waals surface area (Å²) in [5.41, 5.74) is 7.16. The number of hydrogen-bond donors (Lipinski definition) is 8. The molecule has 246 valence electrons. The molecule has 2 heterocycles. The first-order valence-corrected chi connectivity index (χ1v) is 15.3. The number of hydrogen-bond acceptors (Lipinski definition) is 7. The molecule has 45 heavy (non-hydrogen) atoms. The summed E-state index contributed by atoms with van der Waals surface area (Å²) in [5, 5.41) is 23.6. The summed E-state index contributed by atoms with van der Waals surface area (Å²) in [5.74, 6) is -5.40. The van der Waals surface area contributed by atoms with Crippen molar-refractivity contribution in [1.82, 2.24) is 31.6 Å². The highest BCUT2D eigenvalue weighted by atomic mass is 16.4. The average molecular weight is 628 g/mol. The molecule has 9 N–H and O–H groups in total. The zero-order chi connectivity index (χ0) is 33.3. The summed E-state index contributed by atoms with van der Waals surface area (Å²) < 4.78 is 0. The number of rotatable bonds is 10. The third-order valence-corrected chi connectivity index (χ3v) is 7.66. The number of H-pyrrole nitrogens is 1. The van der Waals surface area contributed by atoms with E-state index in [2.05, 4.69) is 31.6 Å². The van der Waals surface area contributed by atoms with Gasteiger partial charge in [-0.2, -0.15) is 0 Å². The van der Waals surface area contributed by atoms with Gasteiger partial charge in [-0.1, -0.05) is 45.9 Å². The molecule has 0 radical (unpaired) electrons. The topological polar surface area (TPSA) is 225 Å². The van der Waals surface area contributed by atoms with Gasteiger partial charge in [0, 0.05) is 23.5 Å². The van der Waals surface area contributed by atoms with Crippen molar-refractivity contribution in [1.29, 1.82) is 0 Å². The van der Waals surface area contributed by atoms with E-state index in [4.69, 9.17) is 5.73 Å². The number of carbonyl (C=O) groups is 6. The Kier molecular flexibility index (Phi) is 12.5. The SMILES string of the molecule is CC(C)C[C@H]1NC(=O)[C@H](C(C)C)NC(=O)[C@@H](CCCN)NC(=O)[C@H](CC(=O)O)NC(=O)[C@H](Cc2c[nH]c3ccccc23)NC1=O. The van der Waals surface area contributed by atoms with E-state index in [0.29, 0.717) is 12.0 Å². The van der Waals surface area contributed by atoms with E-state index in [9.17, 15) is 33.9 Å². The molecule has 1 fully saturated rings. The number of fused-ring (bicyclic) bond motifs is 1. The van der Waals surface area contributed by atoms with Crippen LogP contribution in [0.3, 0.4) is 0 Å². The number of carboxylic acids is 1. The van der Waals surface area contributed by atoms with Gasteiger partial charge in [-0.25, -0.2) is 0 Å². The molecule has 1 aromatic carbocycles. The number of nitrogens with two attached hydrogens (primary N) is 1. The van der Waals surface area contributed by atoms with Crippen LogP contribution in [0.1, 0.15) is 58.9 Å². The zero-order valence-electron chi connectivity index (χ0n) is 26.1. The third-order valence-electron chi connectivity index (χ3n) is 7.66. The Bertz CT molecular complexity index is 1390. The Morgan fingerprint density at radius 1 is 0.800 bits per heavy atom. The maximum Gasteiger partial charge on any atom is 0.305 e. The second-order valence-corrected chi connectivity index (χ2v) is 12.2. The van der Waals surface area contributed by atoms with Gasteiger partial charge in [0.1, 0.15) is 30.2 Å². The standard InChI is InChI=1S/C31H45N7O7/c1-16(2)12-22-28(42)35-23(13-18-15-33-20-9-6-5-8-19(18)20)29(43)36-24(14-25(39)40)30(44)34-21(10-7-11-32)27(41)38-26(17(3)4)31(45)37-22/h5-6,8-9,15-17,21-24,26,33H,7,10-14,32H2,1-4H3,(H,34,44)(H,35,42)(H,36,43)(H,37,45)(H,38,41)(H,39,40)/t21-,22-,23+,24+,26+/m1/s1. The first-order chi connectivity index (χ1) is 21.3. The minimum atomic E-state index is -1.57. The molecule has 0 spiro atoms. The van der Waals surface area contributed by atoms with Gasteiger partial charge in [0.15, 0.2) is 0 Å². The molecule has 14 heteroatoms. The molecule has 5 atom stereocenters. The Balaban J connectivity index is 2.08. The molecule has 5 amide bonds. The van der Waals surface area contributed by atoms with E-state index >= 15 is 0 Å². The molecule has 0 bridgehead atoms. The fourth-order valence-corrected chi connectivity index (χ4v) is 5.27. The predicted octanol–water partition coefficient (Wildman–Crippen LogP) is 0.0637. The third kappa shape index (κ3) is 9.76. The van der Waals surface area contributed by atoms with E-state index in [1.165, 1.54) is 0 Å². The molecule has 1 aliphatic rings. The molecular formula is C31H45N7O7. The van der Waals surface area contributed by atoms with Gasteiger partial charge < -0.3 is 42.4 Å². The minimum Gasteiger partial charge on any atom is -0.481 e. The lowest BCUT2D eigenvalue weighted by molar-refractivity contribution is -0.141. The number of aliphatic carboxylic acids is 1. The highest BCUT2D eigenvalue weighted by molar-refractivity contribution is 5.99. The number of aromatic amines is 1. The highest BCUT2D eigenvalue weighted by Crippen LogP contribution is 2.20. The number of nitrogens with one attached hydrogen (secondary N) is 6. The number of para-hydroxylation sites is 1. The van der Waals surface area contributed by atoms with Gasteiger partial charge in [0.25, 0.3) is 0 Å². The van der Waals surface area contributed by atoms with E-state index in [1.807, 2.05) is 38.1 Å². The van der Waals surface area contributed by atoms with Crippen LogP contribution in [0, 0.1) is 11.8 Å². The molecule has 2 aromatic rings. The van der Waals surface area contributed by atoms with Crippen LogP contribution in [0.2, 0.25) is 0 Å². The van der Waals surface area contributed by atoms with Crippen LogP contribution in [0.25, 0.3) is 10.9 Å². The quantitative estimate of drug-likeness (QED) is 0.179. The van der Waals surface area contributed by atoms with Crippen LogP contribution in [-0.4, -0.2) is 82.3 Å². The lowest BCUT2D eigenvalue weighted by atomic mass is 9.98. The summed E-state index contributed by atoms with van der Waals surface area (Å²) in [4.78, 5) is 82.7. The Morgan fingerprint density at radius 2 is 1.38 bits per heavy atom. The van der Waals surface area contributed by atoms with Gasteiger partial charge in [0.2, 0.25) is 29.5 Å². The van der Waals surface area contributed by atoms with E-state index in [-0.39, 0.29) is 31.7 Å². The molecule has 14 nitrogen and oxygen atoms in total. The van der Waals surface area contributed by atoms with E-state index in [0.717, 1.165) is 10.9 Å². The second-order valence-electron chi connectivity index (χ2n) is 12.2. The monoisotopic (exact) mass is 627 g/mol. The van der Waals surface area contributed by atoms with Crippen LogP contribution in [0.15, 0.2) is 30.5 Å². The van der Waals surface area contributed by atoms with E-state index < -0.39 is 78.1 Å². The first-order valence-electron chi connectivity index (χ1n) is 15.3. The van der Waals surface area contributed by atoms with E-state index in [1.54, 1.807) is 20.0 Å². The number of benzene rings is 1. The predicted molar refractivity (Wildman–Crippen MR) is 166 cm³/mol. The molecule has 0 aliphatic carbocycles. The lowest BCUT2D eigenvalue weighted by Gasteiger charge is -2.28. The zero-order valence-corrected chi connectivity index (χ0v) is 26.1. The smallest absolute Gasteiger partial charge is 0.305 e. The number of carboxylic acid groups (broad SMARTS) is 1. The summed E-state index contributed by atoms with van der Waals surface area (Å²) in [6.07, 6.45) is 1.61. The number of amides is 5.